The fourth-order valence-corrected chi connectivity index (χ4v) is 2.75. The molecule has 2 heterocycles. The minimum atomic E-state index is -4.67. The number of alkyl halides is 3. The van der Waals surface area contributed by atoms with Gasteiger partial charge < -0.3 is 14.6 Å². The number of benzene rings is 1. The number of H-pyrrole nitrogens is 1. The highest BCUT2D eigenvalue weighted by Gasteiger charge is 2.32. The van der Waals surface area contributed by atoms with E-state index in [1.807, 2.05) is 7.05 Å². The summed E-state index contributed by atoms with van der Waals surface area (Å²) in [5.41, 5.74) is 2.67. The summed E-state index contributed by atoms with van der Waals surface area (Å²) in [6, 6.07) is 4.74. The van der Waals surface area contributed by atoms with Crippen molar-refractivity contribution in [3.8, 4) is 5.75 Å². The number of ether oxygens (including phenoxy) is 1. The van der Waals surface area contributed by atoms with Crippen LogP contribution >= 0.6 is 0 Å². The van der Waals surface area contributed by atoms with E-state index in [0.717, 1.165) is 37.2 Å². The summed E-state index contributed by atoms with van der Waals surface area (Å²) in [7, 11) is 2.02. The van der Waals surface area contributed by atoms with E-state index in [4.69, 9.17) is 0 Å². The molecule has 0 saturated heterocycles. The highest BCUT2D eigenvalue weighted by Crippen LogP contribution is 2.35. The van der Waals surface area contributed by atoms with Crippen molar-refractivity contribution < 1.29 is 17.9 Å². The molecule has 0 saturated carbocycles. The number of nitrogens with one attached hydrogen (secondary N) is 1. The third-order valence-electron chi connectivity index (χ3n) is 3.69. The number of aromatic nitrogens is 1. The number of rotatable bonds is 1. The van der Waals surface area contributed by atoms with Gasteiger partial charge in [-0.05, 0) is 31.2 Å². The van der Waals surface area contributed by atoms with Crippen molar-refractivity contribution in [3.05, 3.63) is 29.5 Å². The molecule has 0 radical (unpaired) electrons. The molecule has 3 nitrogen and oxygen atoms in total. The van der Waals surface area contributed by atoms with Crippen molar-refractivity contribution >= 4 is 10.9 Å². The van der Waals surface area contributed by atoms with Crippen LogP contribution in [0.1, 0.15) is 11.3 Å². The topological polar surface area (TPSA) is 28.3 Å². The fourth-order valence-electron chi connectivity index (χ4n) is 2.75. The summed E-state index contributed by atoms with van der Waals surface area (Å²) in [5.74, 6) is -0.114. The van der Waals surface area contributed by atoms with Crippen molar-refractivity contribution in [2.24, 2.45) is 0 Å². The molecule has 1 aliphatic rings. The van der Waals surface area contributed by atoms with Gasteiger partial charge in [-0.15, -0.1) is 13.2 Å². The summed E-state index contributed by atoms with van der Waals surface area (Å²) in [6.07, 6.45) is -3.13. The Morgan fingerprint density at radius 3 is 2.70 bits per heavy atom. The van der Waals surface area contributed by atoms with Crippen molar-refractivity contribution in [2.75, 3.05) is 20.1 Å². The van der Waals surface area contributed by atoms with Crippen molar-refractivity contribution in [1.82, 2.24) is 9.88 Å². The quantitative estimate of drug-likeness (QED) is 0.871. The average molecular weight is 284 g/mol. The molecule has 1 aromatic carbocycles. The largest absolute Gasteiger partial charge is 0.573 e. The van der Waals surface area contributed by atoms with Crippen molar-refractivity contribution in [2.45, 2.75) is 19.2 Å². The molecule has 0 atom stereocenters. The number of aromatic amines is 1. The molecule has 0 unspecified atom stereocenters. The Kier molecular flexibility index (Phi) is 3.12. The van der Waals surface area contributed by atoms with E-state index in [-0.39, 0.29) is 5.75 Å². The first-order valence-corrected chi connectivity index (χ1v) is 6.51. The lowest BCUT2D eigenvalue weighted by molar-refractivity contribution is -0.274. The lowest BCUT2D eigenvalue weighted by Gasteiger charge is -2.13. The molecular formula is C14H15F3N2O. The average Bonchev–Trinajstić information content (AvgIpc) is 2.61. The minimum Gasteiger partial charge on any atom is -0.405 e. The van der Waals surface area contributed by atoms with Gasteiger partial charge >= 0.3 is 6.36 Å². The van der Waals surface area contributed by atoms with E-state index in [1.54, 1.807) is 12.1 Å². The van der Waals surface area contributed by atoms with E-state index >= 15 is 0 Å². The van der Waals surface area contributed by atoms with Gasteiger partial charge in [-0.25, -0.2) is 0 Å². The van der Waals surface area contributed by atoms with Gasteiger partial charge in [-0.2, -0.15) is 0 Å². The second-order valence-corrected chi connectivity index (χ2v) is 5.11. The van der Waals surface area contributed by atoms with Gasteiger partial charge in [0.2, 0.25) is 0 Å². The van der Waals surface area contributed by atoms with E-state index in [1.165, 1.54) is 6.07 Å². The summed E-state index contributed by atoms with van der Waals surface area (Å²) in [6.45, 7) is 1.73. The monoisotopic (exact) mass is 284 g/mol. The molecule has 108 valence electrons. The molecule has 0 amide bonds. The Hall–Kier alpha value is -1.69. The number of likely N-dealkylation sites (N-methyl/N-ethyl adjacent to an activating group) is 1. The molecule has 1 N–H and O–H groups in total. The lowest BCUT2D eigenvalue weighted by atomic mass is 10.1. The molecule has 3 rings (SSSR count). The van der Waals surface area contributed by atoms with Crippen LogP contribution in [0.15, 0.2) is 18.2 Å². The van der Waals surface area contributed by atoms with Crippen LogP contribution in [0, 0.1) is 0 Å². The van der Waals surface area contributed by atoms with E-state index < -0.39 is 6.36 Å². The van der Waals surface area contributed by atoms with Gasteiger partial charge in [-0.1, -0.05) is 6.07 Å². The zero-order valence-corrected chi connectivity index (χ0v) is 11.0. The van der Waals surface area contributed by atoms with Crippen molar-refractivity contribution in [3.63, 3.8) is 0 Å². The third-order valence-corrected chi connectivity index (χ3v) is 3.69. The van der Waals surface area contributed by atoms with Gasteiger partial charge in [-0.3, -0.25) is 0 Å². The molecule has 2 aromatic rings. The molecular weight excluding hydrogens is 269 g/mol. The number of hydrogen-bond acceptors (Lipinski definition) is 2. The summed E-state index contributed by atoms with van der Waals surface area (Å²) in [4.78, 5) is 5.40. The van der Waals surface area contributed by atoms with E-state index in [0.29, 0.717) is 10.9 Å². The van der Waals surface area contributed by atoms with Crippen LogP contribution in [0.2, 0.25) is 0 Å². The first kappa shape index (κ1) is 13.3. The van der Waals surface area contributed by atoms with Gasteiger partial charge in [0, 0.05) is 36.1 Å². The van der Waals surface area contributed by atoms with Gasteiger partial charge in [0.25, 0.3) is 0 Å². The van der Waals surface area contributed by atoms with Crippen LogP contribution in [0.4, 0.5) is 13.2 Å². The number of fused-ring (bicyclic) bond motifs is 3. The Bertz CT molecular complexity index is 633. The van der Waals surface area contributed by atoms with Crippen LogP contribution in [0.3, 0.4) is 0 Å². The Morgan fingerprint density at radius 2 is 1.95 bits per heavy atom. The fraction of sp³-hybridized carbons (Fsp3) is 0.429. The van der Waals surface area contributed by atoms with Crippen LogP contribution in [-0.2, 0) is 12.8 Å². The number of halogens is 3. The molecule has 0 fully saturated rings. The van der Waals surface area contributed by atoms with E-state index in [2.05, 4.69) is 14.6 Å². The predicted octanol–water partition coefficient (Wildman–Crippen LogP) is 3.10. The molecule has 1 aliphatic heterocycles. The molecule has 0 spiro atoms. The van der Waals surface area contributed by atoms with Gasteiger partial charge in [0.15, 0.2) is 0 Å². The summed E-state index contributed by atoms with van der Waals surface area (Å²) >= 11 is 0. The zero-order chi connectivity index (χ0) is 14.3. The molecule has 0 aliphatic carbocycles. The number of hydrogen-bond donors (Lipinski definition) is 1. The SMILES string of the molecule is CN1CCc2[nH]c3cccc(OC(F)(F)F)c3c2CC1. The first-order valence-electron chi connectivity index (χ1n) is 6.51. The normalized spacial score (nSPS) is 17.0. The summed E-state index contributed by atoms with van der Waals surface area (Å²) in [5, 5.41) is 0.565. The van der Waals surface area contributed by atoms with Crippen molar-refractivity contribution in [1.29, 1.82) is 0 Å². The van der Waals surface area contributed by atoms with Crippen LogP contribution < -0.4 is 4.74 Å². The highest BCUT2D eigenvalue weighted by atomic mass is 19.4. The van der Waals surface area contributed by atoms with E-state index in [9.17, 15) is 13.2 Å². The molecule has 6 heteroatoms. The Labute approximate surface area is 114 Å². The van der Waals surface area contributed by atoms with Gasteiger partial charge in [0.05, 0.1) is 0 Å². The second-order valence-electron chi connectivity index (χ2n) is 5.11. The predicted molar refractivity (Wildman–Crippen MR) is 69.9 cm³/mol. The molecule has 20 heavy (non-hydrogen) atoms. The van der Waals surface area contributed by atoms with Crippen LogP contribution in [0.25, 0.3) is 10.9 Å². The second kappa shape index (κ2) is 4.70. The molecule has 1 aromatic heterocycles. The maximum atomic E-state index is 12.5. The maximum Gasteiger partial charge on any atom is 0.573 e. The Balaban J connectivity index is 2.11. The first-order chi connectivity index (χ1) is 9.44. The van der Waals surface area contributed by atoms with Crippen LogP contribution in [0.5, 0.6) is 5.75 Å². The summed E-state index contributed by atoms with van der Waals surface area (Å²) < 4.78 is 41.7. The minimum absolute atomic E-state index is 0.114. The van der Waals surface area contributed by atoms with Crippen LogP contribution in [-0.4, -0.2) is 36.4 Å². The maximum absolute atomic E-state index is 12.5. The smallest absolute Gasteiger partial charge is 0.405 e. The molecule has 0 bridgehead atoms. The van der Waals surface area contributed by atoms with Gasteiger partial charge in [0.1, 0.15) is 5.75 Å². The standard InChI is InChI=1S/C14H15F3N2O/c1-19-7-5-9-10(6-8-19)18-11-3-2-4-12(13(9)11)20-14(15,16)17/h2-4,18H,5-8H2,1H3. The lowest BCUT2D eigenvalue weighted by Crippen LogP contribution is -2.21. The zero-order valence-electron chi connectivity index (χ0n) is 11.0. The highest BCUT2D eigenvalue weighted by molar-refractivity contribution is 5.90. The third kappa shape index (κ3) is 2.47. The Morgan fingerprint density at radius 1 is 1.20 bits per heavy atom. The number of nitrogens with zero attached hydrogens (tertiary/aromatic N) is 1.